The number of carbonyl (C=O) groups is 2. The van der Waals surface area contributed by atoms with Crippen molar-refractivity contribution in [2.45, 2.75) is 19.8 Å². The zero-order valence-electron chi connectivity index (χ0n) is 17.0. The molecular weight excluding hydrogens is 385 g/mol. The van der Waals surface area contributed by atoms with Crippen molar-refractivity contribution in [1.82, 2.24) is 0 Å². The molecule has 0 bridgehead atoms. The van der Waals surface area contributed by atoms with Crippen molar-refractivity contribution < 1.29 is 18.7 Å². The molecule has 7 heteroatoms. The molecule has 0 unspecified atom stereocenters. The van der Waals surface area contributed by atoms with Crippen LogP contribution in [0.15, 0.2) is 42.6 Å². The zero-order valence-corrected chi connectivity index (χ0v) is 17.0. The van der Waals surface area contributed by atoms with Crippen LogP contribution in [0.4, 0.5) is 21.5 Å². The van der Waals surface area contributed by atoms with Crippen molar-refractivity contribution in [3.63, 3.8) is 0 Å². The van der Waals surface area contributed by atoms with Crippen LogP contribution < -0.4 is 15.5 Å². The van der Waals surface area contributed by atoms with Crippen molar-refractivity contribution >= 4 is 34.5 Å². The summed E-state index contributed by atoms with van der Waals surface area (Å²) in [5.74, 6) is -0.790. The van der Waals surface area contributed by atoms with Crippen LogP contribution in [0.5, 0.6) is 0 Å². The number of halogens is 1. The van der Waals surface area contributed by atoms with Crippen molar-refractivity contribution in [1.29, 1.82) is 0 Å². The van der Waals surface area contributed by atoms with Gasteiger partial charge in [-0.05, 0) is 61.7 Å². The lowest BCUT2D eigenvalue weighted by Crippen LogP contribution is -2.37. The van der Waals surface area contributed by atoms with E-state index in [4.69, 9.17) is 4.74 Å². The van der Waals surface area contributed by atoms with E-state index in [2.05, 4.69) is 15.5 Å². The molecule has 0 aromatic heterocycles. The second kappa shape index (κ2) is 8.18. The Labute approximate surface area is 174 Å². The summed E-state index contributed by atoms with van der Waals surface area (Å²) in [6.45, 7) is 3.66. The Kier molecular flexibility index (Phi) is 5.44. The Morgan fingerprint density at radius 3 is 2.70 bits per heavy atom. The summed E-state index contributed by atoms with van der Waals surface area (Å²) >= 11 is 0. The molecule has 0 atom stereocenters. The number of methoxy groups -OCH3 is 1. The highest BCUT2D eigenvalue weighted by Gasteiger charge is 2.26. The third-order valence-electron chi connectivity index (χ3n) is 5.71. The maximum atomic E-state index is 13.4. The minimum atomic E-state index is -0.384. The largest absolute Gasteiger partial charge is 0.469 e. The number of nitrogens with zero attached hydrogens (tertiary/aromatic N) is 1. The predicted octanol–water partition coefficient (Wildman–Crippen LogP) is 3.93. The van der Waals surface area contributed by atoms with Gasteiger partial charge in [0.05, 0.1) is 24.3 Å². The molecule has 0 aliphatic carbocycles. The fourth-order valence-electron chi connectivity index (χ4n) is 4.09. The highest BCUT2D eigenvalue weighted by atomic mass is 19.1. The molecule has 156 valence electrons. The Hall–Kier alpha value is -3.35. The lowest BCUT2D eigenvalue weighted by Gasteiger charge is -2.33. The first kappa shape index (κ1) is 19.9. The van der Waals surface area contributed by atoms with Gasteiger partial charge < -0.3 is 20.3 Å². The van der Waals surface area contributed by atoms with E-state index in [-0.39, 0.29) is 23.6 Å². The molecule has 0 radical (unpaired) electrons. The smallest absolute Gasteiger partial charge is 0.308 e. The number of amides is 1. The Bertz CT molecular complexity index is 1030. The fraction of sp³-hybridized carbons (Fsp3) is 0.304. The van der Waals surface area contributed by atoms with Gasteiger partial charge in [0.15, 0.2) is 0 Å². The van der Waals surface area contributed by atoms with Crippen LogP contribution in [0.3, 0.4) is 0 Å². The quantitative estimate of drug-likeness (QED) is 0.592. The minimum Gasteiger partial charge on any atom is -0.469 e. The van der Waals surface area contributed by atoms with Gasteiger partial charge in [0.2, 0.25) is 0 Å². The normalized spacial score (nSPS) is 17.6. The topological polar surface area (TPSA) is 70.7 Å². The summed E-state index contributed by atoms with van der Waals surface area (Å²) in [5, 5.41) is 5.85. The van der Waals surface area contributed by atoms with Crippen LogP contribution in [-0.4, -0.2) is 32.1 Å². The van der Waals surface area contributed by atoms with E-state index >= 15 is 0 Å². The first-order valence-electron chi connectivity index (χ1n) is 9.97. The van der Waals surface area contributed by atoms with E-state index in [1.165, 1.54) is 19.2 Å². The fourth-order valence-corrected chi connectivity index (χ4v) is 4.09. The summed E-state index contributed by atoms with van der Waals surface area (Å²) in [6, 6.07) is 10.3. The molecule has 0 spiro atoms. The number of carbonyl (C=O) groups excluding carboxylic acids is 2. The molecule has 1 amide bonds. The van der Waals surface area contributed by atoms with Gasteiger partial charge in [0.1, 0.15) is 5.82 Å². The second-order valence-corrected chi connectivity index (χ2v) is 7.63. The summed E-state index contributed by atoms with van der Waals surface area (Å²) in [6.07, 6.45) is 3.22. The highest BCUT2D eigenvalue weighted by Crippen LogP contribution is 2.33. The van der Waals surface area contributed by atoms with Crippen molar-refractivity contribution in [2.24, 2.45) is 5.92 Å². The number of ether oxygens (including phenoxy) is 1. The second-order valence-electron chi connectivity index (χ2n) is 7.63. The van der Waals surface area contributed by atoms with Gasteiger partial charge in [-0.25, -0.2) is 4.39 Å². The van der Waals surface area contributed by atoms with E-state index in [0.717, 1.165) is 42.9 Å². The number of esters is 1. The number of hydrogen-bond donors (Lipinski definition) is 2. The first-order chi connectivity index (χ1) is 14.5. The standard InChI is InChI=1S/C23H24FN3O3/c1-14-11-17(4-6-21(14)27-9-7-15(8-10-27)23(29)30-2)25-13-19-18-5-3-16(24)12-20(18)26-22(19)28/h3-6,11-13,15,25H,7-10H2,1-2H3,(H,26,28). The van der Waals surface area contributed by atoms with E-state index in [1.54, 1.807) is 12.3 Å². The summed E-state index contributed by atoms with van der Waals surface area (Å²) < 4.78 is 18.2. The SMILES string of the molecule is COC(=O)C1CCN(c2ccc(NC=C3C(=O)Nc4cc(F)ccc43)cc2C)CC1. The molecule has 2 N–H and O–H groups in total. The molecule has 2 aromatic rings. The van der Waals surface area contributed by atoms with E-state index in [1.807, 2.05) is 25.1 Å². The summed E-state index contributed by atoms with van der Waals surface area (Å²) in [5.41, 5.74) is 4.73. The molecule has 2 aliphatic heterocycles. The van der Waals surface area contributed by atoms with Crippen LogP contribution in [0, 0.1) is 18.7 Å². The predicted molar refractivity (Wildman–Crippen MR) is 115 cm³/mol. The Morgan fingerprint density at radius 1 is 1.23 bits per heavy atom. The molecule has 1 saturated heterocycles. The zero-order chi connectivity index (χ0) is 21.3. The molecule has 6 nitrogen and oxygen atoms in total. The lowest BCUT2D eigenvalue weighted by molar-refractivity contribution is -0.146. The van der Waals surface area contributed by atoms with Crippen LogP contribution in [0.2, 0.25) is 0 Å². The van der Waals surface area contributed by atoms with Crippen LogP contribution in [-0.2, 0) is 14.3 Å². The third-order valence-corrected chi connectivity index (χ3v) is 5.71. The van der Waals surface area contributed by atoms with Gasteiger partial charge in [0.25, 0.3) is 5.91 Å². The highest BCUT2D eigenvalue weighted by molar-refractivity contribution is 6.31. The lowest BCUT2D eigenvalue weighted by atomic mass is 9.96. The van der Waals surface area contributed by atoms with Gasteiger partial charge in [0, 0.05) is 36.2 Å². The number of fused-ring (bicyclic) bond motifs is 1. The molecule has 2 aromatic carbocycles. The molecule has 4 rings (SSSR count). The number of anilines is 3. The number of hydrogen-bond acceptors (Lipinski definition) is 5. The summed E-state index contributed by atoms with van der Waals surface area (Å²) in [4.78, 5) is 26.2. The monoisotopic (exact) mass is 409 g/mol. The van der Waals surface area contributed by atoms with Gasteiger partial charge in [-0.1, -0.05) is 0 Å². The average molecular weight is 409 g/mol. The molecule has 30 heavy (non-hydrogen) atoms. The number of nitrogens with one attached hydrogen (secondary N) is 2. The summed E-state index contributed by atoms with van der Waals surface area (Å²) in [7, 11) is 1.44. The van der Waals surface area contributed by atoms with Crippen LogP contribution in [0.1, 0.15) is 24.0 Å². The maximum absolute atomic E-state index is 13.4. The number of piperidine rings is 1. The van der Waals surface area contributed by atoms with Gasteiger partial charge >= 0.3 is 5.97 Å². The first-order valence-corrected chi connectivity index (χ1v) is 9.97. The number of benzene rings is 2. The Balaban J connectivity index is 1.45. The van der Waals surface area contributed by atoms with Gasteiger partial charge in [-0.3, -0.25) is 9.59 Å². The Morgan fingerprint density at radius 2 is 2.00 bits per heavy atom. The van der Waals surface area contributed by atoms with E-state index in [0.29, 0.717) is 16.8 Å². The molecule has 1 fully saturated rings. The van der Waals surface area contributed by atoms with E-state index < -0.39 is 0 Å². The minimum absolute atomic E-state index is 0.0203. The molecule has 2 aliphatic rings. The molecular formula is C23H24FN3O3. The van der Waals surface area contributed by atoms with Crippen LogP contribution in [0.25, 0.3) is 5.57 Å². The number of rotatable bonds is 4. The third kappa shape index (κ3) is 3.87. The van der Waals surface area contributed by atoms with Crippen molar-refractivity contribution in [3.05, 3.63) is 59.5 Å². The van der Waals surface area contributed by atoms with Gasteiger partial charge in [-0.2, -0.15) is 0 Å². The van der Waals surface area contributed by atoms with Gasteiger partial charge in [-0.15, -0.1) is 0 Å². The van der Waals surface area contributed by atoms with Crippen molar-refractivity contribution in [3.8, 4) is 0 Å². The average Bonchev–Trinajstić information content (AvgIpc) is 3.05. The maximum Gasteiger partial charge on any atom is 0.308 e. The molecule has 2 heterocycles. The van der Waals surface area contributed by atoms with Crippen molar-refractivity contribution in [2.75, 3.05) is 35.7 Å². The number of aryl methyl sites for hydroxylation is 1. The molecule has 0 saturated carbocycles. The van der Waals surface area contributed by atoms with Crippen LogP contribution >= 0.6 is 0 Å². The van der Waals surface area contributed by atoms with E-state index in [9.17, 15) is 14.0 Å².